The second-order valence-electron chi connectivity index (χ2n) is 5.19. The molecule has 1 aromatic carbocycles. The van der Waals surface area contributed by atoms with Crippen LogP contribution in [-0.4, -0.2) is 14.6 Å². The molecule has 0 saturated carbocycles. The number of halogens is 1. The molecule has 0 unspecified atom stereocenters. The highest BCUT2D eigenvalue weighted by molar-refractivity contribution is 5.91. The van der Waals surface area contributed by atoms with Crippen LogP contribution in [0.5, 0.6) is 0 Å². The monoisotopic (exact) mass is 321 g/mol. The summed E-state index contributed by atoms with van der Waals surface area (Å²) in [7, 11) is 0. The number of aromatic amines is 1. The van der Waals surface area contributed by atoms with E-state index in [4.69, 9.17) is 0 Å². The third-order valence-electron chi connectivity index (χ3n) is 3.57. The van der Waals surface area contributed by atoms with Gasteiger partial charge in [-0.2, -0.15) is 5.10 Å². The van der Waals surface area contributed by atoms with Crippen molar-refractivity contribution in [2.75, 3.05) is 0 Å². The Labute approximate surface area is 138 Å². The molecule has 3 rings (SSSR count). The molecular weight excluding hydrogens is 305 g/mol. The molecule has 0 amide bonds. The van der Waals surface area contributed by atoms with Gasteiger partial charge >= 0.3 is 0 Å². The average molecular weight is 321 g/mol. The maximum Gasteiger partial charge on any atom is 0.251 e. The summed E-state index contributed by atoms with van der Waals surface area (Å²) in [6.07, 6.45) is 8.93. The number of aromatic nitrogens is 3. The van der Waals surface area contributed by atoms with Crippen LogP contribution in [-0.2, 0) is 0 Å². The minimum absolute atomic E-state index is 0.215. The van der Waals surface area contributed by atoms with E-state index in [2.05, 4.69) is 16.7 Å². The van der Waals surface area contributed by atoms with Crippen LogP contribution >= 0.6 is 0 Å². The molecule has 120 valence electrons. The first kappa shape index (κ1) is 15.7. The number of benzene rings is 1. The van der Waals surface area contributed by atoms with E-state index in [0.717, 1.165) is 16.7 Å². The molecule has 0 atom stereocenters. The van der Waals surface area contributed by atoms with Crippen molar-refractivity contribution in [2.45, 2.75) is 6.92 Å². The summed E-state index contributed by atoms with van der Waals surface area (Å²) in [5.41, 5.74) is 3.39. The highest BCUT2D eigenvalue weighted by Crippen LogP contribution is 2.31. The molecule has 0 bridgehead atoms. The first-order valence-corrected chi connectivity index (χ1v) is 7.47. The average Bonchev–Trinajstić information content (AvgIpc) is 2.93. The van der Waals surface area contributed by atoms with Gasteiger partial charge in [0.2, 0.25) is 0 Å². The highest BCUT2D eigenvalue weighted by Gasteiger charge is 2.17. The van der Waals surface area contributed by atoms with Gasteiger partial charge in [-0.1, -0.05) is 30.9 Å². The highest BCUT2D eigenvalue weighted by atomic mass is 19.1. The SMILES string of the molecule is C=C/C=C(\C=C/C)c1c(-c2ccc(F)cc2)nn2ccc(=O)[nH]c12. The van der Waals surface area contributed by atoms with Crippen LogP contribution in [0.3, 0.4) is 0 Å². The molecule has 4 nitrogen and oxygen atoms in total. The molecule has 2 heterocycles. The third-order valence-corrected chi connectivity index (χ3v) is 3.57. The van der Waals surface area contributed by atoms with Gasteiger partial charge in [-0.05, 0) is 36.8 Å². The lowest BCUT2D eigenvalue weighted by atomic mass is 10.0. The molecule has 0 fully saturated rings. The van der Waals surface area contributed by atoms with Gasteiger partial charge in [0.25, 0.3) is 5.56 Å². The zero-order chi connectivity index (χ0) is 17.1. The molecule has 3 aromatic rings. The van der Waals surface area contributed by atoms with Gasteiger partial charge in [-0.3, -0.25) is 4.79 Å². The van der Waals surface area contributed by atoms with Crippen molar-refractivity contribution in [3.63, 3.8) is 0 Å². The van der Waals surface area contributed by atoms with E-state index in [-0.39, 0.29) is 11.4 Å². The van der Waals surface area contributed by atoms with E-state index >= 15 is 0 Å². The maximum absolute atomic E-state index is 13.3. The molecule has 0 aliphatic rings. The minimum Gasteiger partial charge on any atom is -0.306 e. The van der Waals surface area contributed by atoms with E-state index in [0.29, 0.717) is 11.3 Å². The van der Waals surface area contributed by atoms with Crippen molar-refractivity contribution < 1.29 is 4.39 Å². The zero-order valence-corrected chi connectivity index (χ0v) is 13.2. The van der Waals surface area contributed by atoms with Crippen LogP contribution in [0.2, 0.25) is 0 Å². The molecule has 0 aliphatic heterocycles. The Morgan fingerprint density at radius 3 is 2.71 bits per heavy atom. The lowest BCUT2D eigenvalue weighted by Gasteiger charge is -2.04. The lowest BCUT2D eigenvalue weighted by Crippen LogP contribution is -2.06. The van der Waals surface area contributed by atoms with Gasteiger partial charge in [0.15, 0.2) is 0 Å². The van der Waals surface area contributed by atoms with Crippen molar-refractivity contribution in [2.24, 2.45) is 0 Å². The second-order valence-corrected chi connectivity index (χ2v) is 5.19. The Morgan fingerprint density at radius 1 is 1.29 bits per heavy atom. The topological polar surface area (TPSA) is 50.2 Å². The smallest absolute Gasteiger partial charge is 0.251 e. The Hall–Kier alpha value is -3.21. The summed E-state index contributed by atoms with van der Waals surface area (Å²) >= 11 is 0. The quantitative estimate of drug-likeness (QED) is 0.739. The van der Waals surface area contributed by atoms with Crippen molar-refractivity contribution >= 4 is 11.2 Å². The van der Waals surface area contributed by atoms with E-state index in [1.807, 2.05) is 25.2 Å². The molecule has 0 spiro atoms. The van der Waals surface area contributed by atoms with Crippen LogP contribution < -0.4 is 5.56 Å². The summed E-state index contributed by atoms with van der Waals surface area (Å²) < 4.78 is 14.9. The fourth-order valence-corrected chi connectivity index (χ4v) is 2.57. The fraction of sp³-hybridized carbons (Fsp3) is 0.0526. The Bertz CT molecular complexity index is 1010. The van der Waals surface area contributed by atoms with E-state index < -0.39 is 0 Å². The lowest BCUT2D eigenvalue weighted by molar-refractivity contribution is 0.628. The predicted molar refractivity (Wildman–Crippen MR) is 94.2 cm³/mol. The number of hydrogen-bond donors (Lipinski definition) is 1. The van der Waals surface area contributed by atoms with Crippen molar-refractivity contribution in [3.8, 4) is 11.3 Å². The largest absolute Gasteiger partial charge is 0.306 e. The van der Waals surface area contributed by atoms with Crippen LogP contribution in [0.15, 0.2) is 72.2 Å². The predicted octanol–water partition coefficient (Wildman–Crippen LogP) is 3.97. The van der Waals surface area contributed by atoms with Crippen molar-refractivity contribution in [1.29, 1.82) is 0 Å². The number of nitrogens with zero attached hydrogens (tertiary/aromatic N) is 2. The Balaban J connectivity index is 2.38. The van der Waals surface area contributed by atoms with Gasteiger partial charge < -0.3 is 4.98 Å². The van der Waals surface area contributed by atoms with Crippen molar-refractivity contribution in [1.82, 2.24) is 14.6 Å². The number of rotatable bonds is 4. The Kier molecular flexibility index (Phi) is 4.24. The van der Waals surface area contributed by atoms with Gasteiger partial charge in [-0.15, -0.1) is 0 Å². The second kappa shape index (κ2) is 6.50. The number of hydrogen-bond acceptors (Lipinski definition) is 2. The van der Waals surface area contributed by atoms with Gasteiger partial charge in [0.05, 0.1) is 5.56 Å². The molecule has 0 radical (unpaired) electrons. The summed E-state index contributed by atoms with van der Waals surface area (Å²) in [5.74, 6) is -0.312. The van der Waals surface area contributed by atoms with E-state index in [1.54, 1.807) is 28.9 Å². The van der Waals surface area contributed by atoms with Gasteiger partial charge in [-0.25, -0.2) is 8.91 Å². The van der Waals surface area contributed by atoms with Crippen LogP contribution in [0.1, 0.15) is 12.5 Å². The van der Waals surface area contributed by atoms with Crippen molar-refractivity contribution in [3.05, 3.63) is 89.1 Å². The van der Waals surface area contributed by atoms with Crippen LogP contribution in [0.4, 0.5) is 4.39 Å². The number of fused-ring (bicyclic) bond motifs is 1. The molecule has 2 aromatic heterocycles. The van der Waals surface area contributed by atoms with Gasteiger partial charge in [0.1, 0.15) is 17.2 Å². The summed E-state index contributed by atoms with van der Waals surface area (Å²) in [6, 6.07) is 7.52. The molecule has 0 saturated heterocycles. The fourth-order valence-electron chi connectivity index (χ4n) is 2.57. The van der Waals surface area contributed by atoms with Gasteiger partial charge in [0, 0.05) is 17.8 Å². The molecule has 0 aliphatic carbocycles. The first-order chi connectivity index (χ1) is 11.6. The first-order valence-electron chi connectivity index (χ1n) is 7.47. The zero-order valence-electron chi connectivity index (χ0n) is 13.2. The number of allylic oxidation sites excluding steroid dienone is 5. The molecule has 1 N–H and O–H groups in total. The summed E-state index contributed by atoms with van der Waals surface area (Å²) in [6.45, 7) is 5.65. The molecular formula is C19H16FN3O. The number of H-pyrrole nitrogens is 1. The third kappa shape index (κ3) is 2.84. The summed E-state index contributed by atoms with van der Waals surface area (Å²) in [4.78, 5) is 14.6. The van der Waals surface area contributed by atoms with Crippen LogP contribution in [0, 0.1) is 5.82 Å². The van der Waals surface area contributed by atoms with E-state index in [1.165, 1.54) is 18.2 Å². The molecule has 5 heteroatoms. The normalized spacial score (nSPS) is 12.2. The maximum atomic E-state index is 13.3. The Morgan fingerprint density at radius 2 is 2.04 bits per heavy atom. The van der Waals surface area contributed by atoms with E-state index in [9.17, 15) is 9.18 Å². The van der Waals surface area contributed by atoms with Crippen LogP contribution in [0.25, 0.3) is 22.5 Å². The minimum atomic E-state index is -0.312. The number of nitrogens with one attached hydrogen (secondary N) is 1. The standard InChI is InChI=1S/C19H16FN3O/c1-3-5-13(6-4-2)17-18(14-7-9-15(20)10-8-14)22-23-12-11-16(24)21-19(17)23/h3-12H,1H2,2H3,(H,21,24)/b6-4-,13-5+. The summed E-state index contributed by atoms with van der Waals surface area (Å²) in [5, 5.41) is 4.55. The molecule has 24 heavy (non-hydrogen) atoms.